The molecule has 2 rings (SSSR count). The Morgan fingerprint density at radius 2 is 1.94 bits per heavy atom. The first kappa shape index (κ1) is 12.0. The fourth-order valence-electron chi connectivity index (χ4n) is 1.75. The minimum absolute atomic E-state index is 0.108. The van der Waals surface area contributed by atoms with Crippen LogP contribution >= 0.6 is 34.5 Å². The standard InChI is InChI=1S/C13H12Cl2S/c1-8-6-12(9(2)16-8)13(15)10-4-3-5-11(14)7-10/h3-7,13H,1-2H3. The van der Waals surface area contributed by atoms with Gasteiger partial charge in [0.2, 0.25) is 0 Å². The van der Waals surface area contributed by atoms with Crippen LogP contribution in [-0.2, 0) is 0 Å². The highest BCUT2D eigenvalue weighted by Gasteiger charge is 2.15. The van der Waals surface area contributed by atoms with E-state index >= 15 is 0 Å². The molecule has 1 atom stereocenters. The number of hydrogen-bond donors (Lipinski definition) is 0. The van der Waals surface area contributed by atoms with Crippen LogP contribution in [0, 0.1) is 13.8 Å². The Morgan fingerprint density at radius 1 is 1.19 bits per heavy atom. The molecule has 16 heavy (non-hydrogen) atoms. The lowest BCUT2D eigenvalue weighted by molar-refractivity contribution is 1.13. The zero-order valence-electron chi connectivity index (χ0n) is 9.13. The Balaban J connectivity index is 2.38. The fraction of sp³-hybridized carbons (Fsp3) is 0.231. The predicted molar refractivity (Wildman–Crippen MR) is 72.9 cm³/mol. The van der Waals surface area contributed by atoms with Gasteiger partial charge in [0.1, 0.15) is 0 Å². The zero-order valence-corrected chi connectivity index (χ0v) is 11.5. The molecule has 0 N–H and O–H groups in total. The van der Waals surface area contributed by atoms with E-state index in [0.29, 0.717) is 0 Å². The van der Waals surface area contributed by atoms with Gasteiger partial charge in [0.25, 0.3) is 0 Å². The molecule has 0 aliphatic rings. The second-order valence-electron chi connectivity index (χ2n) is 3.79. The summed E-state index contributed by atoms with van der Waals surface area (Å²) in [6, 6.07) is 9.88. The first-order valence-corrected chi connectivity index (χ1v) is 6.67. The molecule has 84 valence electrons. The maximum Gasteiger partial charge on any atom is 0.0846 e. The van der Waals surface area contributed by atoms with E-state index in [1.54, 1.807) is 11.3 Å². The van der Waals surface area contributed by atoms with E-state index in [4.69, 9.17) is 23.2 Å². The van der Waals surface area contributed by atoms with Crippen LogP contribution in [0.1, 0.15) is 26.3 Å². The zero-order chi connectivity index (χ0) is 11.7. The highest BCUT2D eigenvalue weighted by atomic mass is 35.5. The molecule has 0 fully saturated rings. The van der Waals surface area contributed by atoms with Crippen LogP contribution in [0.5, 0.6) is 0 Å². The van der Waals surface area contributed by atoms with E-state index in [-0.39, 0.29) is 5.38 Å². The van der Waals surface area contributed by atoms with Gasteiger partial charge >= 0.3 is 0 Å². The summed E-state index contributed by atoms with van der Waals surface area (Å²) in [5.41, 5.74) is 2.24. The molecule has 0 amide bonds. The molecule has 0 aliphatic heterocycles. The van der Waals surface area contributed by atoms with Gasteiger partial charge < -0.3 is 0 Å². The summed E-state index contributed by atoms with van der Waals surface area (Å²) in [5, 5.41) is 0.622. The van der Waals surface area contributed by atoms with Crippen molar-refractivity contribution >= 4 is 34.5 Å². The van der Waals surface area contributed by atoms with Gasteiger partial charge in [-0.2, -0.15) is 0 Å². The highest BCUT2D eigenvalue weighted by molar-refractivity contribution is 7.12. The molecule has 0 bridgehead atoms. The number of halogens is 2. The topological polar surface area (TPSA) is 0 Å². The van der Waals surface area contributed by atoms with Gasteiger partial charge in [0.15, 0.2) is 0 Å². The van der Waals surface area contributed by atoms with Crippen molar-refractivity contribution in [2.45, 2.75) is 19.2 Å². The quantitative estimate of drug-likeness (QED) is 0.646. The van der Waals surface area contributed by atoms with Crippen molar-refractivity contribution in [3.8, 4) is 0 Å². The lowest BCUT2D eigenvalue weighted by atomic mass is 10.1. The van der Waals surface area contributed by atoms with Gasteiger partial charge in [-0.25, -0.2) is 0 Å². The Morgan fingerprint density at radius 3 is 2.50 bits per heavy atom. The Kier molecular flexibility index (Phi) is 3.58. The van der Waals surface area contributed by atoms with Crippen molar-refractivity contribution in [2.75, 3.05) is 0 Å². The summed E-state index contributed by atoms with van der Waals surface area (Å²) in [5.74, 6) is 0. The van der Waals surface area contributed by atoms with E-state index in [0.717, 1.165) is 10.6 Å². The van der Waals surface area contributed by atoms with Crippen molar-refractivity contribution in [1.29, 1.82) is 0 Å². The lowest BCUT2D eigenvalue weighted by Gasteiger charge is -2.09. The van der Waals surface area contributed by atoms with Crippen molar-refractivity contribution < 1.29 is 0 Å². The van der Waals surface area contributed by atoms with Crippen molar-refractivity contribution in [3.05, 3.63) is 56.2 Å². The Bertz CT molecular complexity index is 502. The van der Waals surface area contributed by atoms with Crippen LogP contribution in [0.4, 0.5) is 0 Å². The molecule has 0 saturated carbocycles. The first-order chi connectivity index (χ1) is 7.58. The maximum atomic E-state index is 6.47. The van der Waals surface area contributed by atoms with Gasteiger partial charge in [-0.3, -0.25) is 0 Å². The van der Waals surface area contributed by atoms with Gasteiger partial charge in [-0.1, -0.05) is 23.7 Å². The summed E-state index contributed by atoms with van der Waals surface area (Å²) >= 11 is 14.2. The molecular formula is C13H12Cl2S. The summed E-state index contributed by atoms with van der Waals surface area (Å²) in [4.78, 5) is 2.57. The van der Waals surface area contributed by atoms with E-state index in [1.807, 2.05) is 24.3 Å². The van der Waals surface area contributed by atoms with Gasteiger partial charge in [-0.15, -0.1) is 22.9 Å². The Labute approximate surface area is 110 Å². The van der Waals surface area contributed by atoms with Gasteiger partial charge in [0.05, 0.1) is 5.38 Å². The molecule has 2 aromatic rings. The minimum Gasteiger partial charge on any atom is -0.146 e. The molecule has 0 nitrogen and oxygen atoms in total. The molecule has 1 aromatic heterocycles. The molecule has 1 unspecified atom stereocenters. The van der Waals surface area contributed by atoms with E-state index in [9.17, 15) is 0 Å². The summed E-state index contributed by atoms with van der Waals surface area (Å²) in [6.07, 6.45) is 0. The Hall–Kier alpha value is -0.500. The molecule has 0 spiro atoms. The molecular weight excluding hydrogens is 259 g/mol. The number of aryl methyl sites for hydroxylation is 2. The van der Waals surface area contributed by atoms with Crippen molar-refractivity contribution in [3.63, 3.8) is 0 Å². The number of hydrogen-bond acceptors (Lipinski definition) is 1. The van der Waals surface area contributed by atoms with Crippen LogP contribution in [-0.4, -0.2) is 0 Å². The van der Waals surface area contributed by atoms with Crippen LogP contribution in [0.2, 0.25) is 5.02 Å². The number of benzene rings is 1. The molecule has 0 radical (unpaired) electrons. The van der Waals surface area contributed by atoms with Gasteiger partial charge in [-0.05, 0) is 43.2 Å². The molecule has 3 heteroatoms. The second kappa shape index (κ2) is 4.79. The van der Waals surface area contributed by atoms with E-state index < -0.39 is 0 Å². The smallest absolute Gasteiger partial charge is 0.0846 e. The average Bonchev–Trinajstić information content (AvgIpc) is 2.57. The maximum absolute atomic E-state index is 6.47. The van der Waals surface area contributed by atoms with Crippen molar-refractivity contribution in [2.24, 2.45) is 0 Å². The number of rotatable bonds is 2. The lowest BCUT2D eigenvalue weighted by Crippen LogP contribution is -1.92. The van der Waals surface area contributed by atoms with E-state index in [2.05, 4.69) is 19.9 Å². The molecule has 1 heterocycles. The third-order valence-electron chi connectivity index (χ3n) is 2.49. The first-order valence-electron chi connectivity index (χ1n) is 5.04. The van der Waals surface area contributed by atoms with Crippen LogP contribution in [0.15, 0.2) is 30.3 Å². The SMILES string of the molecule is Cc1cc(C(Cl)c2cccc(Cl)c2)c(C)s1. The van der Waals surface area contributed by atoms with Gasteiger partial charge in [0, 0.05) is 14.8 Å². The second-order valence-corrected chi connectivity index (χ2v) is 6.12. The molecule has 0 saturated heterocycles. The highest BCUT2D eigenvalue weighted by Crippen LogP contribution is 2.35. The summed E-state index contributed by atoms with van der Waals surface area (Å²) < 4.78 is 0. The number of alkyl halides is 1. The van der Waals surface area contributed by atoms with Crippen molar-refractivity contribution in [1.82, 2.24) is 0 Å². The van der Waals surface area contributed by atoms with Crippen LogP contribution in [0.3, 0.4) is 0 Å². The fourth-order valence-corrected chi connectivity index (χ4v) is 3.34. The number of thiophene rings is 1. The molecule has 1 aromatic carbocycles. The largest absolute Gasteiger partial charge is 0.146 e. The normalized spacial score (nSPS) is 12.8. The predicted octanol–water partition coefficient (Wildman–Crippen LogP) is 5.35. The van der Waals surface area contributed by atoms with E-state index in [1.165, 1.54) is 15.3 Å². The third-order valence-corrected chi connectivity index (χ3v) is 4.20. The average molecular weight is 271 g/mol. The third kappa shape index (κ3) is 2.42. The minimum atomic E-state index is -0.108. The summed E-state index contributed by atoms with van der Waals surface area (Å²) in [7, 11) is 0. The summed E-state index contributed by atoms with van der Waals surface area (Å²) in [6.45, 7) is 4.20. The van der Waals surface area contributed by atoms with Crippen LogP contribution < -0.4 is 0 Å². The molecule has 0 aliphatic carbocycles. The monoisotopic (exact) mass is 270 g/mol. The van der Waals surface area contributed by atoms with Crippen LogP contribution in [0.25, 0.3) is 0 Å².